The van der Waals surface area contributed by atoms with E-state index in [9.17, 15) is 9.59 Å². The summed E-state index contributed by atoms with van der Waals surface area (Å²) in [5.41, 5.74) is 1.59. The van der Waals surface area contributed by atoms with Crippen LogP contribution in [0, 0.1) is 0 Å². The van der Waals surface area contributed by atoms with Gasteiger partial charge in [-0.1, -0.05) is 35.9 Å². The van der Waals surface area contributed by atoms with Crippen LogP contribution in [-0.4, -0.2) is 41.0 Å². The number of hydrogen-bond acceptors (Lipinski definition) is 4. The maximum absolute atomic E-state index is 13.1. The van der Waals surface area contributed by atoms with Crippen LogP contribution in [0.1, 0.15) is 24.1 Å². The quantitative estimate of drug-likeness (QED) is 0.873. The molecule has 0 spiro atoms. The SMILES string of the molecule is CCN(Cc1cccnc1)C(=O)C1OCC(=O)NC1c1ccccc1Cl. The Morgan fingerprint density at radius 2 is 2.15 bits per heavy atom. The molecule has 2 unspecified atom stereocenters. The Hall–Kier alpha value is -2.44. The molecule has 1 aromatic heterocycles. The highest BCUT2D eigenvalue weighted by atomic mass is 35.5. The molecule has 26 heavy (non-hydrogen) atoms. The number of morpholine rings is 1. The molecule has 0 aliphatic carbocycles. The number of hydrogen-bond donors (Lipinski definition) is 1. The highest BCUT2D eigenvalue weighted by Crippen LogP contribution is 2.29. The smallest absolute Gasteiger partial charge is 0.254 e. The van der Waals surface area contributed by atoms with Gasteiger partial charge < -0.3 is 15.0 Å². The minimum absolute atomic E-state index is 0.151. The molecule has 1 fully saturated rings. The molecule has 7 heteroatoms. The maximum Gasteiger partial charge on any atom is 0.254 e. The largest absolute Gasteiger partial charge is 0.356 e. The van der Waals surface area contributed by atoms with Crippen LogP contribution < -0.4 is 5.32 Å². The lowest BCUT2D eigenvalue weighted by Crippen LogP contribution is -2.53. The van der Waals surface area contributed by atoms with Gasteiger partial charge in [0, 0.05) is 30.5 Å². The lowest BCUT2D eigenvalue weighted by Gasteiger charge is -2.35. The van der Waals surface area contributed by atoms with Gasteiger partial charge in [0.05, 0.1) is 6.04 Å². The van der Waals surface area contributed by atoms with Crippen LogP contribution in [0.5, 0.6) is 0 Å². The minimum atomic E-state index is -0.829. The fraction of sp³-hybridized carbons (Fsp3) is 0.316. The van der Waals surface area contributed by atoms with Crippen molar-refractivity contribution in [1.29, 1.82) is 0 Å². The predicted molar refractivity (Wildman–Crippen MR) is 97.4 cm³/mol. The number of benzene rings is 1. The van der Waals surface area contributed by atoms with Crippen molar-refractivity contribution in [3.63, 3.8) is 0 Å². The van der Waals surface area contributed by atoms with Gasteiger partial charge in [-0.3, -0.25) is 14.6 Å². The molecule has 3 rings (SSSR count). The summed E-state index contributed by atoms with van der Waals surface area (Å²) in [6.45, 7) is 2.69. The fourth-order valence-corrected chi connectivity index (χ4v) is 3.23. The second-order valence-electron chi connectivity index (χ2n) is 6.01. The van der Waals surface area contributed by atoms with E-state index in [1.807, 2.05) is 25.1 Å². The minimum Gasteiger partial charge on any atom is -0.356 e. The summed E-state index contributed by atoms with van der Waals surface area (Å²) in [4.78, 5) is 30.7. The lowest BCUT2D eigenvalue weighted by molar-refractivity contribution is -0.155. The van der Waals surface area contributed by atoms with Crippen molar-refractivity contribution in [1.82, 2.24) is 15.2 Å². The van der Waals surface area contributed by atoms with Gasteiger partial charge in [-0.15, -0.1) is 0 Å². The van der Waals surface area contributed by atoms with E-state index in [1.54, 1.807) is 35.5 Å². The second-order valence-corrected chi connectivity index (χ2v) is 6.42. The summed E-state index contributed by atoms with van der Waals surface area (Å²) in [5, 5.41) is 3.32. The van der Waals surface area contributed by atoms with E-state index in [4.69, 9.17) is 16.3 Å². The van der Waals surface area contributed by atoms with Crippen LogP contribution in [0.25, 0.3) is 0 Å². The van der Waals surface area contributed by atoms with Crippen molar-refractivity contribution in [3.8, 4) is 0 Å². The molecule has 0 saturated carbocycles. The molecule has 1 aliphatic rings. The van der Waals surface area contributed by atoms with Crippen molar-refractivity contribution in [2.75, 3.05) is 13.2 Å². The van der Waals surface area contributed by atoms with E-state index < -0.39 is 12.1 Å². The topological polar surface area (TPSA) is 71.5 Å². The third-order valence-electron chi connectivity index (χ3n) is 4.29. The van der Waals surface area contributed by atoms with Gasteiger partial charge in [-0.2, -0.15) is 0 Å². The molecule has 1 N–H and O–H groups in total. The van der Waals surface area contributed by atoms with Gasteiger partial charge >= 0.3 is 0 Å². The van der Waals surface area contributed by atoms with Crippen LogP contribution in [-0.2, 0) is 20.9 Å². The first-order chi connectivity index (χ1) is 12.6. The standard InChI is InChI=1S/C19H20ClN3O3/c1-2-23(11-13-6-5-9-21-10-13)19(25)18-17(22-16(24)12-26-18)14-7-3-4-8-15(14)20/h3-10,17-18H,2,11-12H2,1H3,(H,22,24). The number of nitrogens with one attached hydrogen (secondary N) is 1. The molecule has 136 valence electrons. The van der Waals surface area contributed by atoms with Crippen molar-refractivity contribution in [2.24, 2.45) is 0 Å². The highest BCUT2D eigenvalue weighted by Gasteiger charge is 2.38. The van der Waals surface area contributed by atoms with E-state index in [0.29, 0.717) is 23.7 Å². The molecule has 0 radical (unpaired) electrons. The summed E-state index contributed by atoms with van der Waals surface area (Å²) >= 11 is 6.28. The molecule has 2 atom stereocenters. The second kappa shape index (κ2) is 8.29. The maximum atomic E-state index is 13.1. The molecule has 2 heterocycles. The fourth-order valence-electron chi connectivity index (χ4n) is 2.97. The number of nitrogens with zero attached hydrogens (tertiary/aromatic N) is 2. The van der Waals surface area contributed by atoms with Crippen LogP contribution in [0.4, 0.5) is 0 Å². The summed E-state index contributed by atoms with van der Waals surface area (Å²) in [6.07, 6.45) is 2.59. The zero-order chi connectivity index (χ0) is 18.5. The number of pyridine rings is 1. The monoisotopic (exact) mass is 373 g/mol. The Morgan fingerprint density at radius 3 is 2.85 bits per heavy atom. The molecule has 0 bridgehead atoms. The van der Waals surface area contributed by atoms with E-state index in [-0.39, 0.29) is 18.4 Å². The Kier molecular flexibility index (Phi) is 5.85. The number of carbonyl (C=O) groups excluding carboxylic acids is 2. The van der Waals surface area contributed by atoms with Crippen molar-refractivity contribution < 1.29 is 14.3 Å². The van der Waals surface area contributed by atoms with Crippen molar-refractivity contribution in [2.45, 2.75) is 25.6 Å². The number of carbonyl (C=O) groups is 2. The number of amides is 2. The van der Waals surface area contributed by atoms with Crippen LogP contribution in [0.3, 0.4) is 0 Å². The number of halogens is 1. The summed E-state index contributed by atoms with van der Waals surface area (Å²) < 4.78 is 5.62. The summed E-state index contributed by atoms with van der Waals surface area (Å²) in [6, 6.07) is 10.3. The Morgan fingerprint density at radius 1 is 1.35 bits per heavy atom. The first-order valence-electron chi connectivity index (χ1n) is 8.43. The van der Waals surface area contributed by atoms with Gasteiger partial charge in [0.25, 0.3) is 5.91 Å². The normalized spacial score (nSPS) is 19.7. The molecule has 1 aliphatic heterocycles. The zero-order valence-corrected chi connectivity index (χ0v) is 15.1. The van der Waals surface area contributed by atoms with Gasteiger partial charge in [0.1, 0.15) is 6.61 Å². The van der Waals surface area contributed by atoms with Gasteiger partial charge in [0.2, 0.25) is 5.91 Å². The Labute approximate surface area is 157 Å². The third kappa shape index (κ3) is 4.03. The number of aromatic nitrogens is 1. The van der Waals surface area contributed by atoms with Crippen LogP contribution in [0.2, 0.25) is 5.02 Å². The molecular formula is C19H20ClN3O3. The molecule has 1 aromatic carbocycles. The number of rotatable bonds is 5. The Balaban J connectivity index is 1.85. The lowest BCUT2D eigenvalue weighted by atomic mass is 9.98. The van der Waals surface area contributed by atoms with Gasteiger partial charge in [-0.25, -0.2) is 0 Å². The molecule has 2 amide bonds. The number of likely N-dealkylation sites (N-methyl/N-ethyl adjacent to an activating group) is 1. The molecule has 6 nitrogen and oxygen atoms in total. The van der Waals surface area contributed by atoms with Gasteiger partial charge in [-0.05, 0) is 30.2 Å². The van der Waals surface area contributed by atoms with E-state index in [2.05, 4.69) is 10.3 Å². The average Bonchev–Trinajstić information content (AvgIpc) is 2.67. The first kappa shape index (κ1) is 18.4. The zero-order valence-electron chi connectivity index (χ0n) is 14.4. The van der Waals surface area contributed by atoms with E-state index in [1.165, 1.54) is 0 Å². The average molecular weight is 374 g/mol. The van der Waals surface area contributed by atoms with Crippen molar-refractivity contribution in [3.05, 3.63) is 64.9 Å². The third-order valence-corrected chi connectivity index (χ3v) is 4.63. The van der Waals surface area contributed by atoms with Crippen molar-refractivity contribution >= 4 is 23.4 Å². The molecule has 2 aromatic rings. The van der Waals surface area contributed by atoms with E-state index in [0.717, 1.165) is 5.56 Å². The Bertz CT molecular complexity index is 785. The van der Waals surface area contributed by atoms with E-state index >= 15 is 0 Å². The highest BCUT2D eigenvalue weighted by molar-refractivity contribution is 6.31. The van der Waals surface area contributed by atoms with Gasteiger partial charge in [0.15, 0.2) is 6.10 Å². The van der Waals surface area contributed by atoms with Crippen LogP contribution >= 0.6 is 11.6 Å². The summed E-state index contributed by atoms with van der Waals surface area (Å²) in [7, 11) is 0. The molecule has 1 saturated heterocycles. The first-order valence-corrected chi connectivity index (χ1v) is 8.81. The predicted octanol–water partition coefficient (Wildman–Crippen LogP) is 2.34. The van der Waals surface area contributed by atoms with Crippen LogP contribution in [0.15, 0.2) is 48.8 Å². The summed E-state index contributed by atoms with van der Waals surface area (Å²) in [5.74, 6) is -0.462. The number of ether oxygens (including phenoxy) is 1. The molecular weight excluding hydrogens is 354 g/mol.